The van der Waals surface area contributed by atoms with Crippen molar-refractivity contribution in [1.82, 2.24) is 14.8 Å². The van der Waals surface area contributed by atoms with E-state index in [9.17, 15) is 4.79 Å². The number of thioether (sulfide) groups is 1. The average Bonchev–Trinajstić information content (AvgIpc) is 3.36. The second-order valence-electron chi connectivity index (χ2n) is 6.77. The number of aryl methyl sites for hydroxylation is 2. The SMILES string of the molecule is C=CCn1c(SCC(=O)N(CCC#N)c2cc(C)cc(C)c2)nnc1-c1ccco1. The number of furan rings is 1. The van der Waals surface area contributed by atoms with Crippen molar-refractivity contribution < 1.29 is 9.21 Å². The van der Waals surface area contributed by atoms with Crippen LogP contribution >= 0.6 is 11.8 Å². The molecule has 0 radical (unpaired) electrons. The van der Waals surface area contributed by atoms with Gasteiger partial charge in [0.1, 0.15) is 0 Å². The number of nitrogens with zero attached hydrogens (tertiary/aromatic N) is 5. The number of rotatable bonds is 9. The van der Waals surface area contributed by atoms with Crippen molar-refractivity contribution in [3.63, 3.8) is 0 Å². The maximum absolute atomic E-state index is 13.0. The Labute approximate surface area is 180 Å². The summed E-state index contributed by atoms with van der Waals surface area (Å²) in [6, 6.07) is 11.7. The molecule has 7 nitrogen and oxygen atoms in total. The Morgan fingerprint density at radius 3 is 2.73 bits per heavy atom. The maximum atomic E-state index is 13.0. The van der Waals surface area contributed by atoms with Crippen LogP contribution < -0.4 is 4.90 Å². The lowest BCUT2D eigenvalue weighted by Gasteiger charge is -2.22. The Morgan fingerprint density at radius 2 is 2.10 bits per heavy atom. The predicted octanol–water partition coefficient (Wildman–Crippen LogP) is 4.38. The van der Waals surface area contributed by atoms with Crippen LogP contribution in [-0.4, -0.2) is 33.0 Å². The van der Waals surface area contributed by atoms with E-state index in [1.165, 1.54) is 11.8 Å². The summed E-state index contributed by atoms with van der Waals surface area (Å²) in [6.07, 6.45) is 3.59. The molecule has 0 aliphatic rings. The van der Waals surface area contributed by atoms with E-state index >= 15 is 0 Å². The minimum absolute atomic E-state index is 0.0899. The lowest BCUT2D eigenvalue weighted by atomic mass is 10.1. The summed E-state index contributed by atoms with van der Waals surface area (Å²) in [5.74, 6) is 1.28. The van der Waals surface area contributed by atoms with Crippen molar-refractivity contribution in [1.29, 1.82) is 5.26 Å². The van der Waals surface area contributed by atoms with Crippen LogP contribution in [0, 0.1) is 25.2 Å². The van der Waals surface area contributed by atoms with Crippen molar-refractivity contribution in [2.24, 2.45) is 0 Å². The summed E-state index contributed by atoms with van der Waals surface area (Å²) >= 11 is 1.30. The lowest BCUT2D eigenvalue weighted by molar-refractivity contribution is -0.116. The Morgan fingerprint density at radius 1 is 1.33 bits per heavy atom. The minimum atomic E-state index is -0.0899. The second-order valence-corrected chi connectivity index (χ2v) is 7.71. The summed E-state index contributed by atoms with van der Waals surface area (Å²) in [4.78, 5) is 14.7. The van der Waals surface area contributed by atoms with Gasteiger partial charge in [0.2, 0.25) is 11.7 Å². The Hall–Kier alpha value is -3.31. The molecular formula is C22H23N5O2S. The summed E-state index contributed by atoms with van der Waals surface area (Å²) < 4.78 is 7.30. The largest absolute Gasteiger partial charge is 0.461 e. The number of benzene rings is 1. The molecule has 8 heteroatoms. The normalized spacial score (nSPS) is 10.6. The molecule has 3 aromatic rings. The monoisotopic (exact) mass is 421 g/mol. The van der Waals surface area contributed by atoms with Gasteiger partial charge in [-0.3, -0.25) is 9.36 Å². The first-order valence-electron chi connectivity index (χ1n) is 9.50. The van der Waals surface area contributed by atoms with Crippen LogP contribution in [0.3, 0.4) is 0 Å². The lowest BCUT2D eigenvalue weighted by Crippen LogP contribution is -2.33. The van der Waals surface area contributed by atoms with Crippen LogP contribution in [0.25, 0.3) is 11.6 Å². The molecule has 1 amide bonds. The predicted molar refractivity (Wildman–Crippen MR) is 117 cm³/mol. The van der Waals surface area contributed by atoms with E-state index in [1.54, 1.807) is 23.3 Å². The van der Waals surface area contributed by atoms with Gasteiger partial charge in [-0.2, -0.15) is 5.26 Å². The number of anilines is 1. The third-order valence-electron chi connectivity index (χ3n) is 4.36. The van der Waals surface area contributed by atoms with Crippen LogP contribution in [0.4, 0.5) is 5.69 Å². The van der Waals surface area contributed by atoms with E-state index in [4.69, 9.17) is 9.68 Å². The van der Waals surface area contributed by atoms with E-state index in [0.29, 0.717) is 29.8 Å². The van der Waals surface area contributed by atoms with E-state index < -0.39 is 0 Å². The number of allylic oxidation sites excluding steroid dienone is 1. The highest BCUT2D eigenvalue weighted by molar-refractivity contribution is 7.99. The first kappa shape index (κ1) is 21.4. The molecule has 0 fully saturated rings. The fourth-order valence-corrected chi connectivity index (χ4v) is 3.97. The highest BCUT2D eigenvalue weighted by atomic mass is 32.2. The van der Waals surface area contributed by atoms with E-state index in [1.807, 2.05) is 36.6 Å². The van der Waals surface area contributed by atoms with Crippen molar-refractivity contribution in [3.8, 4) is 17.7 Å². The molecule has 0 aliphatic carbocycles. The number of nitriles is 1. The van der Waals surface area contributed by atoms with Crippen molar-refractivity contribution in [2.45, 2.75) is 32.0 Å². The molecule has 0 saturated carbocycles. The number of hydrogen-bond acceptors (Lipinski definition) is 6. The molecule has 154 valence electrons. The average molecular weight is 422 g/mol. The summed E-state index contributed by atoms with van der Waals surface area (Å²) in [5.41, 5.74) is 2.94. The quantitative estimate of drug-likeness (QED) is 0.376. The number of amides is 1. The van der Waals surface area contributed by atoms with Crippen LogP contribution in [-0.2, 0) is 11.3 Å². The molecule has 3 rings (SSSR count). The fraction of sp³-hybridized carbons (Fsp3) is 0.273. The first-order valence-corrected chi connectivity index (χ1v) is 10.5. The number of carbonyl (C=O) groups excluding carboxylic acids is 1. The van der Waals surface area contributed by atoms with Gasteiger partial charge in [0.15, 0.2) is 10.9 Å². The minimum Gasteiger partial charge on any atom is -0.461 e. The van der Waals surface area contributed by atoms with Gasteiger partial charge in [-0.25, -0.2) is 0 Å². The molecule has 0 N–H and O–H groups in total. The molecular weight excluding hydrogens is 398 g/mol. The smallest absolute Gasteiger partial charge is 0.237 e. The van der Waals surface area contributed by atoms with Gasteiger partial charge in [-0.05, 0) is 49.2 Å². The topological polar surface area (TPSA) is 88.0 Å². The Bertz CT molecular complexity index is 1050. The van der Waals surface area contributed by atoms with E-state index in [2.05, 4.69) is 28.9 Å². The van der Waals surface area contributed by atoms with Crippen molar-refractivity contribution in [2.75, 3.05) is 17.2 Å². The van der Waals surface area contributed by atoms with Gasteiger partial charge >= 0.3 is 0 Å². The summed E-state index contributed by atoms with van der Waals surface area (Å²) in [7, 11) is 0. The molecule has 0 spiro atoms. The molecule has 2 aromatic heterocycles. The van der Waals surface area contributed by atoms with Gasteiger partial charge in [0, 0.05) is 18.8 Å². The van der Waals surface area contributed by atoms with E-state index in [-0.39, 0.29) is 18.1 Å². The third-order valence-corrected chi connectivity index (χ3v) is 5.31. The van der Waals surface area contributed by atoms with Crippen molar-refractivity contribution >= 4 is 23.4 Å². The van der Waals surface area contributed by atoms with Gasteiger partial charge < -0.3 is 9.32 Å². The molecule has 30 heavy (non-hydrogen) atoms. The zero-order chi connectivity index (χ0) is 21.5. The van der Waals surface area contributed by atoms with Crippen LogP contribution in [0.15, 0.2) is 58.8 Å². The van der Waals surface area contributed by atoms with Crippen LogP contribution in [0.1, 0.15) is 17.5 Å². The second kappa shape index (κ2) is 9.94. The maximum Gasteiger partial charge on any atom is 0.237 e. The van der Waals surface area contributed by atoms with Gasteiger partial charge in [0.25, 0.3) is 0 Å². The highest BCUT2D eigenvalue weighted by Gasteiger charge is 2.20. The highest BCUT2D eigenvalue weighted by Crippen LogP contribution is 2.26. The molecule has 1 aromatic carbocycles. The van der Waals surface area contributed by atoms with Gasteiger partial charge in [0.05, 0.1) is 24.5 Å². The van der Waals surface area contributed by atoms with Gasteiger partial charge in [-0.1, -0.05) is 23.9 Å². The molecule has 0 bridgehead atoms. The van der Waals surface area contributed by atoms with Crippen molar-refractivity contribution in [3.05, 3.63) is 60.4 Å². The Balaban J connectivity index is 1.80. The molecule has 0 atom stereocenters. The third kappa shape index (κ3) is 4.99. The van der Waals surface area contributed by atoms with Crippen LogP contribution in [0.5, 0.6) is 0 Å². The van der Waals surface area contributed by atoms with Gasteiger partial charge in [-0.15, -0.1) is 16.8 Å². The number of hydrogen-bond donors (Lipinski definition) is 0. The summed E-state index contributed by atoms with van der Waals surface area (Å²) in [6.45, 7) is 8.61. The zero-order valence-electron chi connectivity index (χ0n) is 17.0. The molecule has 0 aliphatic heterocycles. The molecule has 0 saturated heterocycles. The molecule has 2 heterocycles. The number of carbonyl (C=O) groups is 1. The number of aromatic nitrogens is 3. The van der Waals surface area contributed by atoms with E-state index in [0.717, 1.165) is 16.8 Å². The first-order chi connectivity index (χ1) is 14.5. The standard InChI is InChI=1S/C22H23N5O2S/c1-4-9-27-21(19-7-5-11-29-19)24-25-22(27)30-15-20(28)26(10-6-8-23)18-13-16(2)12-17(3)14-18/h4-5,7,11-14H,1,6,9-10,15H2,2-3H3. The zero-order valence-corrected chi connectivity index (χ0v) is 17.9. The summed E-state index contributed by atoms with van der Waals surface area (Å²) in [5, 5.41) is 18.1. The fourth-order valence-electron chi connectivity index (χ4n) is 3.15. The Kier molecular flexibility index (Phi) is 7.09. The van der Waals surface area contributed by atoms with Crippen LogP contribution in [0.2, 0.25) is 0 Å². The molecule has 0 unspecified atom stereocenters.